The molecule has 7 N–H and O–H groups in total. The topological polar surface area (TPSA) is 142 Å². The molecule has 1 saturated carbocycles. The molecule has 0 saturated heterocycles. The van der Waals surface area contributed by atoms with Gasteiger partial charge in [0.1, 0.15) is 0 Å². The predicted molar refractivity (Wildman–Crippen MR) is 220 cm³/mol. The van der Waals surface area contributed by atoms with Gasteiger partial charge in [0.15, 0.2) is 0 Å². The lowest BCUT2D eigenvalue weighted by Gasteiger charge is -2.18. The summed E-state index contributed by atoms with van der Waals surface area (Å²) in [5, 5.41) is 60.7. The maximum atomic E-state index is 9.19. The summed E-state index contributed by atoms with van der Waals surface area (Å²) >= 11 is 0. The van der Waals surface area contributed by atoms with Crippen molar-refractivity contribution >= 4 is 0 Å². The fraction of sp³-hybridized carbons (Fsp3) is 1.00. The zero-order valence-corrected chi connectivity index (χ0v) is 37.6. The first-order valence-corrected chi connectivity index (χ1v) is 20.0. The highest BCUT2D eigenvalue weighted by Crippen LogP contribution is 2.51. The van der Waals surface area contributed by atoms with Crippen LogP contribution >= 0.6 is 0 Å². The van der Waals surface area contributed by atoms with Crippen LogP contribution in [0, 0.1) is 58.7 Å². The summed E-state index contributed by atoms with van der Waals surface area (Å²) in [6, 6.07) is 0. The standard InChI is InChI=1S/C7H14O.C7H16O.4C6H14O.C5H12O/c1-6(2)7(5-8)3-4-7;1-6(2)5-7(3,4)8;2*1-5(2)6(3)4-7;2*1-5(2)4-6(3)7;1-5(2)3-4-6/h6,8H,3-5H2,1-2H3;6,8H,5H2,1-4H3;4*5-7H,4H2,1-3H3;5-6H,3-4H2,1-2H3/t;;4*6-;/m..1010./s1. The van der Waals surface area contributed by atoms with Crippen LogP contribution in [0.2, 0.25) is 0 Å². The van der Waals surface area contributed by atoms with E-state index in [-0.39, 0.29) is 12.2 Å². The van der Waals surface area contributed by atoms with E-state index in [0.717, 1.165) is 25.7 Å². The van der Waals surface area contributed by atoms with Crippen molar-refractivity contribution in [2.75, 3.05) is 26.4 Å². The number of aliphatic hydroxyl groups is 7. The Morgan fingerprint density at radius 2 is 0.840 bits per heavy atom. The largest absolute Gasteiger partial charge is 0.396 e. The van der Waals surface area contributed by atoms with E-state index in [0.29, 0.717) is 85.1 Å². The van der Waals surface area contributed by atoms with Crippen molar-refractivity contribution in [1.29, 1.82) is 0 Å². The van der Waals surface area contributed by atoms with Crippen LogP contribution in [-0.4, -0.2) is 80.0 Å². The Morgan fingerprint density at radius 1 is 0.520 bits per heavy atom. The molecule has 7 nitrogen and oxygen atoms in total. The lowest BCUT2D eigenvalue weighted by Crippen LogP contribution is -2.20. The van der Waals surface area contributed by atoms with Gasteiger partial charge in [-0.15, -0.1) is 0 Å². The molecule has 0 aromatic rings. The quantitative estimate of drug-likeness (QED) is 0.0945. The van der Waals surface area contributed by atoms with Gasteiger partial charge in [-0.2, -0.15) is 0 Å². The molecule has 1 aliphatic carbocycles. The summed E-state index contributed by atoms with van der Waals surface area (Å²) < 4.78 is 0. The van der Waals surface area contributed by atoms with Crippen LogP contribution in [0.15, 0.2) is 0 Å². The van der Waals surface area contributed by atoms with Crippen molar-refractivity contribution in [3.8, 4) is 0 Å². The molecular formula is C43H98O7. The minimum Gasteiger partial charge on any atom is -0.396 e. The minimum absolute atomic E-state index is 0.125. The molecule has 50 heavy (non-hydrogen) atoms. The summed E-state index contributed by atoms with van der Waals surface area (Å²) in [5.41, 5.74) is -0.131. The molecule has 0 bridgehead atoms. The van der Waals surface area contributed by atoms with Gasteiger partial charge in [0.2, 0.25) is 0 Å². The molecule has 1 aliphatic rings. The van der Waals surface area contributed by atoms with Crippen LogP contribution in [0.1, 0.15) is 177 Å². The Balaban J connectivity index is -0.000000113. The van der Waals surface area contributed by atoms with E-state index >= 15 is 0 Å². The Bertz CT molecular complexity index is 592. The Kier molecular flexibility index (Phi) is 45.8. The minimum atomic E-state index is -0.478. The van der Waals surface area contributed by atoms with E-state index in [1.807, 2.05) is 41.5 Å². The summed E-state index contributed by atoms with van der Waals surface area (Å²) in [7, 11) is 0. The summed E-state index contributed by atoms with van der Waals surface area (Å²) in [4.78, 5) is 0. The Hall–Kier alpha value is -0.280. The van der Waals surface area contributed by atoms with Gasteiger partial charge < -0.3 is 35.7 Å². The maximum absolute atomic E-state index is 9.19. The van der Waals surface area contributed by atoms with Crippen LogP contribution in [0.25, 0.3) is 0 Å². The molecule has 0 aliphatic heterocycles. The molecule has 0 radical (unpaired) electrons. The van der Waals surface area contributed by atoms with Crippen LogP contribution in [0.3, 0.4) is 0 Å². The molecule has 1 rings (SSSR count). The van der Waals surface area contributed by atoms with Crippen molar-refractivity contribution < 1.29 is 35.7 Å². The molecule has 0 amide bonds. The summed E-state index contributed by atoms with van der Waals surface area (Å²) in [5.74, 6) is 5.31. The van der Waals surface area contributed by atoms with Gasteiger partial charge in [0.05, 0.1) is 17.8 Å². The van der Waals surface area contributed by atoms with Gasteiger partial charge in [-0.25, -0.2) is 0 Å². The van der Waals surface area contributed by atoms with Crippen molar-refractivity contribution in [3.05, 3.63) is 0 Å². The second kappa shape index (κ2) is 37.1. The first-order chi connectivity index (χ1) is 22.5. The zero-order valence-electron chi connectivity index (χ0n) is 37.6. The lowest BCUT2D eigenvalue weighted by atomic mass is 9.94. The SMILES string of the molecule is CC(C)C1(CO)CC1.CC(C)CC(C)(C)O.CC(C)CCO.CC(C)C[C@@H](C)O.CC(C)C[C@H](C)O.CC(C)[C@@H](C)CO.CC(C)[C@H](C)CO. The second-order valence-corrected chi connectivity index (χ2v) is 18.3. The van der Waals surface area contributed by atoms with Crippen LogP contribution in [-0.2, 0) is 0 Å². The highest BCUT2D eigenvalue weighted by atomic mass is 16.3. The van der Waals surface area contributed by atoms with Gasteiger partial charge in [-0.3, -0.25) is 0 Å². The lowest BCUT2D eigenvalue weighted by molar-refractivity contribution is 0.0578. The normalized spacial score (nSPS) is 15.5. The van der Waals surface area contributed by atoms with Crippen LogP contribution in [0.4, 0.5) is 0 Å². The fourth-order valence-corrected chi connectivity index (χ4v) is 4.12. The van der Waals surface area contributed by atoms with E-state index in [9.17, 15) is 5.11 Å². The Morgan fingerprint density at radius 3 is 0.840 bits per heavy atom. The van der Waals surface area contributed by atoms with Crippen LogP contribution in [0.5, 0.6) is 0 Å². The van der Waals surface area contributed by atoms with Gasteiger partial charge in [0, 0.05) is 26.4 Å². The van der Waals surface area contributed by atoms with Gasteiger partial charge in [0.25, 0.3) is 0 Å². The van der Waals surface area contributed by atoms with Gasteiger partial charge >= 0.3 is 0 Å². The molecule has 1 fully saturated rings. The van der Waals surface area contributed by atoms with E-state index in [2.05, 4.69) is 96.9 Å². The van der Waals surface area contributed by atoms with Crippen molar-refractivity contribution in [2.24, 2.45) is 58.7 Å². The predicted octanol–water partition coefficient (Wildman–Crippen LogP) is 9.61. The number of rotatable bonds is 14. The molecule has 0 heterocycles. The molecule has 0 spiro atoms. The van der Waals surface area contributed by atoms with E-state index < -0.39 is 5.60 Å². The maximum Gasteiger partial charge on any atom is 0.0594 e. The molecule has 312 valence electrons. The second-order valence-electron chi connectivity index (χ2n) is 18.3. The molecular weight excluding hydrogens is 628 g/mol. The van der Waals surface area contributed by atoms with Crippen molar-refractivity contribution in [3.63, 3.8) is 0 Å². The number of hydrogen-bond donors (Lipinski definition) is 7. The fourth-order valence-electron chi connectivity index (χ4n) is 4.12. The third kappa shape index (κ3) is 59.8. The number of aliphatic hydroxyl groups excluding tert-OH is 6. The average molecular weight is 727 g/mol. The van der Waals surface area contributed by atoms with Crippen molar-refractivity contribution in [1.82, 2.24) is 0 Å². The molecule has 0 unspecified atom stereocenters. The highest BCUT2D eigenvalue weighted by Gasteiger charge is 2.44. The number of hydrogen-bond acceptors (Lipinski definition) is 7. The van der Waals surface area contributed by atoms with E-state index in [1.54, 1.807) is 0 Å². The third-order valence-corrected chi connectivity index (χ3v) is 8.52. The first-order valence-electron chi connectivity index (χ1n) is 20.0. The third-order valence-electron chi connectivity index (χ3n) is 8.52. The van der Waals surface area contributed by atoms with Gasteiger partial charge in [-0.05, 0) is 125 Å². The first kappa shape index (κ1) is 61.7. The summed E-state index contributed by atoms with van der Waals surface area (Å²) in [6.07, 6.45) is 5.87. The van der Waals surface area contributed by atoms with Crippen LogP contribution < -0.4 is 0 Å². The van der Waals surface area contributed by atoms with E-state index in [4.69, 9.17) is 30.6 Å². The van der Waals surface area contributed by atoms with E-state index in [1.165, 1.54) is 12.8 Å². The van der Waals surface area contributed by atoms with Crippen molar-refractivity contribution in [2.45, 2.75) is 195 Å². The monoisotopic (exact) mass is 727 g/mol. The van der Waals surface area contributed by atoms with Gasteiger partial charge in [-0.1, -0.05) is 111 Å². The molecule has 4 atom stereocenters. The molecule has 0 aromatic heterocycles. The Labute approximate surface area is 315 Å². The smallest absolute Gasteiger partial charge is 0.0594 e. The zero-order chi connectivity index (χ0) is 41.4. The summed E-state index contributed by atoms with van der Waals surface area (Å²) in [6.45, 7) is 42.4. The molecule has 7 heteroatoms. The average Bonchev–Trinajstić information content (AvgIpc) is 3.73. The molecule has 0 aromatic carbocycles. The highest BCUT2D eigenvalue weighted by molar-refractivity contribution is 4.94.